The molecule has 0 unspecified atom stereocenters. The number of amides is 1. The van der Waals surface area contributed by atoms with Crippen LogP contribution in [0.25, 0.3) is 0 Å². The van der Waals surface area contributed by atoms with Crippen LogP contribution < -0.4 is 10.1 Å². The molecule has 1 heterocycles. The summed E-state index contributed by atoms with van der Waals surface area (Å²) in [6.45, 7) is 3.02. The van der Waals surface area contributed by atoms with Crippen LogP contribution in [0, 0.1) is 11.7 Å². The lowest BCUT2D eigenvalue weighted by Gasteiger charge is -2.42. The van der Waals surface area contributed by atoms with E-state index >= 15 is 0 Å². The molecule has 0 spiro atoms. The lowest BCUT2D eigenvalue weighted by Crippen LogP contribution is -2.55. The van der Waals surface area contributed by atoms with Crippen LogP contribution in [-0.4, -0.2) is 69.1 Å². The van der Waals surface area contributed by atoms with Crippen molar-refractivity contribution in [3.63, 3.8) is 0 Å². The lowest BCUT2D eigenvalue weighted by molar-refractivity contribution is -0.150. The molecule has 2 fully saturated rings. The van der Waals surface area contributed by atoms with E-state index in [0.29, 0.717) is 51.4 Å². The highest BCUT2D eigenvalue weighted by atomic mass is 19.1. The second kappa shape index (κ2) is 12.8. The molecule has 202 valence electrons. The number of methoxy groups -OCH3 is 2. The first-order valence-corrected chi connectivity index (χ1v) is 13.2. The van der Waals surface area contributed by atoms with Crippen molar-refractivity contribution in [1.29, 1.82) is 0 Å². The Kier molecular flexibility index (Phi) is 9.54. The maximum atomic E-state index is 14.0. The van der Waals surface area contributed by atoms with Crippen molar-refractivity contribution in [3.8, 4) is 5.75 Å². The summed E-state index contributed by atoms with van der Waals surface area (Å²) in [4.78, 5) is 15.9. The number of aliphatic hydroxyl groups is 1. The van der Waals surface area contributed by atoms with Gasteiger partial charge in [0.2, 0.25) is 5.91 Å². The van der Waals surface area contributed by atoms with E-state index in [4.69, 9.17) is 14.2 Å². The van der Waals surface area contributed by atoms with E-state index in [2.05, 4.69) is 11.4 Å². The van der Waals surface area contributed by atoms with E-state index in [9.17, 15) is 14.3 Å². The van der Waals surface area contributed by atoms with Crippen molar-refractivity contribution in [2.75, 3.05) is 47.1 Å². The smallest absolute Gasteiger partial charge is 0.230 e. The predicted octanol–water partition coefficient (Wildman–Crippen LogP) is 3.42. The third-order valence-electron chi connectivity index (χ3n) is 7.27. The first kappa shape index (κ1) is 27.5. The Morgan fingerprint density at radius 2 is 1.81 bits per heavy atom. The quantitative estimate of drug-likeness (QED) is 0.399. The van der Waals surface area contributed by atoms with Gasteiger partial charge >= 0.3 is 0 Å². The number of nitrogens with one attached hydrogen (secondary N) is 1. The predicted molar refractivity (Wildman–Crippen MR) is 139 cm³/mol. The van der Waals surface area contributed by atoms with Crippen molar-refractivity contribution in [1.82, 2.24) is 10.2 Å². The third-order valence-corrected chi connectivity index (χ3v) is 7.27. The number of rotatable bonds is 13. The normalized spacial score (nSPS) is 21.6. The largest absolute Gasteiger partial charge is 0.491 e. The van der Waals surface area contributed by atoms with E-state index in [-0.39, 0.29) is 17.8 Å². The molecule has 2 aromatic carbocycles. The van der Waals surface area contributed by atoms with Crippen molar-refractivity contribution in [2.45, 2.75) is 50.3 Å². The van der Waals surface area contributed by atoms with E-state index in [1.807, 2.05) is 17.0 Å². The molecule has 37 heavy (non-hydrogen) atoms. The summed E-state index contributed by atoms with van der Waals surface area (Å²) < 4.78 is 29.9. The average molecular weight is 515 g/mol. The number of carbonyl (C=O) groups is 1. The Hall–Kier alpha value is -2.52. The second-order valence-electron chi connectivity index (χ2n) is 10.1. The number of piperidine rings is 1. The summed E-state index contributed by atoms with van der Waals surface area (Å²) in [5.74, 6) is -0.340. The molecule has 0 bridgehead atoms. The summed E-state index contributed by atoms with van der Waals surface area (Å²) >= 11 is 0. The molecular weight excluding hydrogens is 475 g/mol. The van der Waals surface area contributed by atoms with Gasteiger partial charge in [0.15, 0.2) is 0 Å². The van der Waals surface area contributed by atoms with Gasteiger partial charge in [-0.1, -0.05) is 18.2 Å². The fraction of sp³-hybridized carbons (Fsp3) is 0.552. The SMILES string of the molecule is COCCCc1cc(CN(C(=O)[C@H]2CNCC[C@]2(O)c2ccc(F)cc2)C2CC2)cc(OCCOC)c1. The maximum absolute atomic E-state index is 14.0. The van der Waals surface area contributed by atoms with Gasteiger partial charge in [-0.05, 0) is 79.6 Å². The van der Waals surface area contributed by atoms with Gasteiger partial charge in [-0.15, -0.1) is 0 Å². The number of ether oxygens (including phenoxy) is 3. The van der Waals surface area contributed by atoms with Crippen molar-refractivity contribution >= 4 is 5.91 Å². The summed E-state index contributed by atoms with van der Waals surface area (Å²) in [5.41, 5.74) is 1.36. The lowest BCUT2D eigenvalue weighted by atomic mass is 9.75. The van der Waals surface area contributed by atoms with Crippen LogP contribution in [0.15, 0.2) is 42.5 Å². The van der Waals surface area contributed by atoms with E-state index < -0.39 is 11.5 Å². The van der Waals surface area contributed by atoms with Gasteiger partial charge in [0, 0.05) is 40.0 Å². The summed E-state index contributed by atoms with van der Waals surface area (Å²) in [5, 5.41) is 15.0. The minimum absolute atomic E-state index is 0.0758. The zero-order valence-corrected chi connectivity index (χ0v) is 21.9. The number of hydrogen-bond acceptors (Lipinski definition) is 6. The topological polar surface area (TPSA) is 80.3 Å². The molecule has 2 atom stereocenters. The molecule has 2 N–H and O–H groups in total. The number of aryl methyl sites for hydroxylation is 1. The van der Waals surface area contributed by atoms with Crippen LogP contribution in [0.3, 0.4) is 0 Å². The molecule has 1 saturated heterocycles. The molecule has 4 rings (SSSR count). The van der Waals surface area contributed by atoms with Crippen molar-refractivity contribution in [2.24, 2.45) is 5.92 Å². The van der Waals surface area contributed by atoms with Crippen molar-refractivity contribution in [3.05, 3.63) is 65.0 Å². The Labute approximate surface area is 218 Å². The molecular formula is C29H39FN2O5. The van der Waals surface area contributed by atoms with Crippen molar-refractivity contribution < 1.29 is 28.5 Å². The van der Waals surface area contributed by atoms with E-state index in [1.54, 1.807) is 26.4 Å². The molecule has 1 aliphatic carbocycles. The minimum atomic E-state index is -1.35. The standard InChI is InChI=1S/C29H39FN2O5/c1-35-13-3-4-21-16-22(18-26(17-21)37-15-14-36-2)20-32(25-9-10-25)28(33)27-19-31-12-11-29(27,34)23-5-7-24(30)8-6-23/h5-8,16-18,25,27,31,34H,3-4,9-15,19-20H2,1-2H3/t27-,29+/m1/s1. The Bertz CT molecular complexity index is 1000. The highest BCUT2D eigenvalue weighted by molar-refractivity contribution is 5.81. The maximum Gasteiger partial charge on any atom is 0.230 e. The summed E-state index contributed by atoms with van der Waals surface area (Å²) in [6.07, 6.45) is 4.02. The van der Waals surface area contributed by atoms with Gasteiger partial charge in [0.25, 0.3) is 0 Å². The van der Waals surface area contributed by atoms with Gasteiger partial charge in [-0.25, -0.2) is 4.39 Å². The summed E-state index contributed by atoms with van der Waals surface area (Å²) in [7, 11) is 3.34. The first-order chi connectivity index (χ1) is 17.9. The van der Waals surface area contributed by atoms with E-state index in [0.717, 1.165) is 42.6 Å². The molecule has 0 aromatic heterocycles. The molecule has 1 saturated carbocycles. The zero-order chi connectivity index (χ0) is 26.3. The van der Waals surface area contributed by atoms with Gasteiger partial charge in [-0.2, -0.15) is 0 Å². The highest BCUT2D eigenvalue weighted by Crippen LogP contribution is 2.39. The number of halogens is 1. The van der Waals surface area contributed by atoms with Crippen LogP contribution in [0.1, 0.15) is 42.4 Å². The Morgan fingerprint density at radius 3 is 2.51 bits per heavy atom. The first-order valence-electron chi connectivity index (χ1n) is 13.2. The monoisotopic (exact) mass is 514 g/mol. The molecule has 2 aromatic rings. The van der Waals surface area contributed by atoms with Crippen LogP contribution in [0.2, 0.25) is 0 Å². The van der Waals surface area contributed by atoms with Gasteiger partial charge in [0.05, 0.1) is 12.5 Å². The minimum Gasteiger partial charge on any atom is -0.491 e. The number of carbonyl (C=O) groups excluding carboxylic acids is 1. The molecule has 2 aliphatic rings. The van der Waals surface area contributed by atoms with Crippen LogP contribution >= 0.6 is 0 Å². The Balaban J connectivity index is 1.57. The molecule has 1 aliphatic heterocycles. The zero-order valence-electron chi connectivity index (χ0n) is 21.9. The number of hydrogen-bond donors (Lipinski definition) is 2. The molecule has 7 nitrogen and oxygen atoms in total. The van der Waals surface area contributed by atoms with E-state index in [1.165, 1.54) is 12.1 Å². The van der Waals surface area contributed by atoms with Gasteiger partial charge in [-0.3, -0.25) is 4.79 Å². The average Bonchev–Trinajstić information content (AvgIpc) is 3.73. The molecule has 0 radical (unpaired) electrons. The molecule has 1 amide bonds. The summed E-state index contributed by atoms with van der Waals surface area (Å²) in [6, 6.07) is 12.2. The Morgan fingerprint density at radius 1 is 1.08 bits per heavy atom. The third kappa shape index (κ3) is 7.08. The van der Waals surface area contributed by atoms with Crippen LogP contribution in [0.5, 0.6) is 5.75 Å². The van der Waals surface area contributed by atoms with Gasteiger partial charge < -0.3 is 29.5 Å². The molecule has 8 heteroatoms. The fourth-order valence-electron chi connectivity index (χ4n) is 5.13. The number of nitrogens with zero attached hydrogens (tertiary/aromatic N) is 1. The van der Waals surface area contributed by atoms with Gasteiger partial charge in [0.1, 0.15) is 23.8 Å². The second-order valence-corrected chi connectivity index (χ2v) is 10.1. The van der Waals surface area contributed by atoms with Crippen LogP contribution in [0.4, 0.5) is 4.39 Å². The fourth-order valence-corrected chi connectivity index (χ4v) is 5.13. The highest BCUT2D eigenvalue weighted by Gasteiger charge is 2.48. The number of benzene rings is 2. The van der Waals surface area contributed by atoms with Crippen LogP contribution in [-0.2, 0) is 32.8 Å².